The van der Waals surface area contributed by atoms with Gasteiger partial charge in [-0.05, 0) is 42.3 Å². The van der Waals surface area contributed by atoms with Crippen molar-refractivity contribution in [2.24, 2.45) is 7.05 Å². The molecule has 19 heavy (non-hydrogen) atoms. The Morgan fingerprint density at radius 1 is 1.47 bits per heavy atom. The normalized spacial score (nSPS) is 14.8. The van der Waals surface area contributed by atoms with Gasteiger partial charge in [-0.15, -0.1) is 10.2 Å². The minimum Gasteiger partial charge on any atom is -0.311 e. The molecule has 0 atom stereocenters. The van der Waals surface area contributed by atoms with Gasteiger partial charge in [-0.2, -0.15) is 0 Å². The second-order valence-corrected chi connectivity index (χ2v) is 6.63. The van der Waals surface area contributed by atoms with Crippen LogP contribution in [0, 0.1) is 0 Å². The Morgan fingerprint density at radius 2 is 2.32 bits per heavy atom. The summed E-state index contributed by atoms with van der Waals surface area (Å²) in [5.41, 5.74) is 1.30. The molecule has 0 saturated heterocycles. The first kappa shape index (κ1) is 13.1. The molecule has 1 fully saturated rings. The van der Waals surface area contributed by atoms with Gasteiger partial charge in [-0.3, -0.25) is 0 Å². The largest absolute Gasteiger partial charge is 0.311 e. The molecule has 1 saturated carbocycles. The zero-order valence-corrected chi connectivity index (χ0v) is 13.0. The second-order valence-electron chi connectivity index (χ2n) is 4.73. The summed E-state index contributed by atoms with van der Waals surface area (Å²) in [4.78, 5) is 1.16. The Kier molecular flexibility index (Phi) is 3.91. The van der Waals surface area contributed by atoms with E-state index < -0.39 is 0 Å². The lowest BCUT2D eigenvalue weighted by atomic mass is 10.2. The molecule has 0 spiro atoms. The van der Waals surface area contributed by atoms with Crippen molar-refractivity contribution < 1.29 is 0 Å². The maximum absolute atomic E-state index is 4.08. The number of aromatic nitrogens is 3. The minimum atomic E-state index is 0.736. The Morgan fingerprint density at radius 3 is 2.95 bits per heavy atom. The van der Waals surface area contributed by atoms with Crippen LogP contribution in [0.25, 0.3) is 0 Å². The van der Waals surface area contributed by atoms with Crippen LogP contribution in [0.15, 0.2) is 39.1 Å². The van der Waals surface area contributed by atoms with E-state index in [1.807, 2.05) is 11.6 Å². The van der Waals surface area contributed by atoms with Gasteiger partial charge >= 0.3 is 0 Å². The number of nitrogens with one attached hydrogen (secondary N) is 1. The maximum atomic E-state index is 4.08. The minimum absolute atomic E-state index is 0.736. The van der Waals surface area contributed by atoms with Crippen LogP contribution >= 0.6 is 27.7 Å². The van der Waals surface area contributed by atoms with Gasteiger partial charge in [0.15, 0.2) is 5.16 Å². The van der Waals surface area contributed by atoms with E-state index in [0.717, 1.165) is 27.1 Å². The Hall–Kier alpha value is -0.850. The molecule has 1 aromatic heterocycles. The Bertz CT molecular complexity index is 580. The summed E-state index contributed by atoms with van der Waals surface area (Å²) < 4.78 is 3.06. The van der Waals surface area contributed by atoms with Crippen LogP contribution < -0.4 is 5.32 Å². The molecule has 1 aromatic carbocycles. The van der Waals surface area contributed by atoms with E-state index in [4.69, 9.17) is 0 Å². The molecule has 0 aliphatic heterocycles. The Labute approximate surface area is 125 Å². The van der Waals surface area contributed by atoms with Gasteiger partial charge in [-0.1, -0.05) is 22.0 Å². The van der Waals surface area contributed by atoms with Crippen LogP contribution in [0.3, 0.4) is 0 Å². The zero-order valence-electron chi connectivity index (χ0n) is 10.6. The molecular weight excluding hydrogens is 324 g/mol. The number of aryl methyl sites for hydroxylation is 1. The summed E-state index contributed by atoms with van der Waals surface area (Å²) in [5, 5.41) is 12.4. The van der Waals surface area contributed by atoms with E-state index in [1.54, 1.807) is 18.1 Å². The summed E-state index contributed by atoms with van der Waals surface area (Å²) in [6, 6.07) is 7.18. The van der Waals surface area contributed by atoms with Crippen LogP contribution in [0.4, 0.5) is 0 Å². The lowest BCUT2D eigenvalue weighted by Gasteiger charge is -2.08. The molecule has 0 unspecified atom stereocenters. The Balaban J connectivity index is 1.69. The van der Waals surface area contributed by atoms with Gasteiger partial charge < -0.3 is 9.88 Å². The van der Waals surface area contributed by atoms with Gasteiger partial charge in [0, 0.05) is 29.0 Å². The monoisotopic (exact) mass is 338 g/mol. The lowest BCUT2D eigenvalue weighted by molar-refractivity contribution is 0.685. The molecule has 2 aromatic rings. The molecule has 0 amide bonds. The maximum Gasteiger partial charge on any atom is 0.195 e. The van der Waals surface area contributed by atoms with E-state index in [0.29, 0.717) is 0 Å². The molecule has 0 bridgehead atoms. The molecule has 3 rings (SSSR count). The van der Waals surface area contributed by atoms with Crippen LogP contribution in [0.5, 0.6) is 0 Å². The van der Waals surface area contributed by atoms with Crippen LogP contribution in [-0.4, -0.2) is 20.8 Å². The molecule has 1 aliphatic carbocycles. The fourth-order valence-electron chi connectivity index (χ4n) is 1.75. The van der Waals surface area contributed by atoms with Gasteiger partial charge in [-0.25, -0.2) is 0 Å². The van der Waals surface area contributed by atoms with Crippen molar-refractivity contribution in [1.82, 2.24) is 20.1 Å². The first-order valence-corrected chi connectivity index (χ1v) is 7.87. The van der Waals surface area contributed by atoms with Crippen molar-refractivity contribution >= 4 is 27.7 Å². The van der Waals surface area contributed by atoms with E-state index >= 15 is 0 Å². The molecule has 6 heteroatoms. The van der Waals surface area contributed by atoms with Gasteiger partial charge in [0.05, 0.1) is 0 Å². The van der Waals surface area contributed by atoms with Crippen LogP contribution in [-0.2, 0) is 13.6 Å². The number of hydrogen-bond acceptors (Lipinski definition) is 4. The summed E-state index contributed by atoms with van der Waals surface area (Å²) in [6.45, 7) is 0.931. The van der Waals surface area contributed by atoms with E-state index in [1.165, 1.54) is 18.4 Å². The van der Waals surface area contributed by atoms with Gasteiger partial charge in [0.1, 0.15) is 6.33 Å². The summed E-state index contributed by atoms with van der Waals surface area (Å²) in [7, 11) is 1.95. The highest BCUT2D eigenvalue weighted by Gasteiger charge is 2.20. The lowest BCUT2D eigenvalue weighted by Crippen LogP contribution is -2.15. The van der Waals surface area contributed by atoms with E-state index in [9.17, 15) is 0 Å². The number of rotatable bonds is 5. The second kappa shape index (κ2) is 5.64. The fourth-order valence-corrected chi connectivity index (χ4v) is 3.22. The first-order valence-electron chi connectivity index (χ1n) is 6.26. The average Bonchev–Trinajstić information content (AvgIpc) is 3.13. The zero-order chi connectivity index (χ0) is 13.2. The van der Waals surface area contributed by atoms with Crippen molar-refractivity contribution in [2.45, 2.75) is 35.5 Å². The molecule has 1 N–H and O–H groups in total. The van der Waals surface area contributed by atoms with Crippen LogP contribution in [0.2, 0.25) is 0 Å². The van der Waals surface area contributed by atoms with Crippen molar-refractivity contribution in [3.05, 3.63) is 34.6 Å². The topological polar surface area (TPSA) is 42.7 Å². The predicted octanol–water partition coefficient (Wildman–Crippen LogP) is 2.98. The van der Waals surface area contributed by atoms with Crippen molar-refractivity contribution in [3.63, 3.8) is 0 Å². The van der Waals surface area contributed by atoms with E-state index in [-0.39, 0.29) is 0 Å². The number of hydrogen-bond donors (Lipinski definition) is 1. The quantitative estimate of drug-likeness (QED) is 0.910. The average molecular weight is 339 g/mol. The third-order valence-corrected chi connectivity index (χ3v) is 4.84. The van der Waals surface area contributed by atoms with Crippen molar-refractivity contribution in [3.8, 4) is 0 Å². The predicted molar refractivity (Wildman–Crippen MR) is 79.1 cm³/mol. The third-order valence-electron chi connectivity index (χ3n) is 3.06. The molecular formula is C13H15BrN4S. The van der Waals surface area contributed by atoms with Gasteiger partial charge in [0.2, 0.25) is 0 Å². The molecule has 1 heterocycles. The van der Waals surface area contributed by atoms with Crippen LogP contribution in [0.1, 0.15) is 18.4 Å². The number of halogens is 1. The van der Waals surface area contributed by atoms with Gasteiger partial charge in [0.25, 0.3) is 0 Å². The number of nitrogens with zero attached hydrogens (tertiary/aromatic N) is 3. The molecule has 1 aliphatic rings. The standard InChI is InChI=1S/C13H15BrN4S/c1-18-8-16-17-13(18)19-11-5-2-9(12(14)6-11)7-15-10-3-4-10/h2,5-6,8,10,15H,3-4,7H2,1H3. The molecule has 0 radical (unpaired) electrons. The SMILES string of the molecule is Cn1cnnc1Sc1ccc(CNC2CC2)c(Br)c1. The summed E-state index contributed by atoms with van der Waals surface area (Å²) in [6.07, 6.45) is 4.35. The van der Waals surface area contributed by atoms with Crippen molar-refractivity contribution in [2.75, 3.05) is 0 Å². The number of benzene rings is 1. The summed E-state index contributed by atoms with van der Waals surface area (Å²) in [5.74, 6) is 0. The highest BCUT2D eigenvalue weighted by atomic mass is 79.9. The molecule has 4 nitrogen and oxygen atoms in total. The molecule has 100 valence electrons. The highest BCUT2D eigenvalue weighted by Crippen LogP contribution is 2.30. The first-order chi connectivity index (χ1) is 9.22. The smallest absolute Gasteiger partial charge is 0.195 e. The van der Waals surface area contributed by atoms with E-state index in [2.05, 4.69) is 49.6 Å². The van der Waals surface area contributed by atoms with Crippen molar-refractivity contribution in [1.29, 1.82) is 0 Å². The fraction of sp³-hybridized carbons (Fsp3) is 0.385. The highest BCUT2D eigenvalue weighted by molar-refractivity contribution is 9.10. The summed E-state index contributed by atoms with van der Waals surface area (Å²) >= 11 is 5.26. The third kappa shape index (κ3) is 3.38.